The standard InChI is InChI=1S/C13H18N4/c14-9-3-1-2-8(6-9)13-16-11-5-4-10(15)7-12(11)17-13/h4-5,7-9H,1-3,6,14-15H2,(H,16,17). The molecule has 0 radical (unpaired) electrons. The number of nitrogens with two attached hydrogens (primary N) is 2. The smallest absolute Gasteiger partial charge is 0.110 e. The molecular formula is C13H18N4. The molecule has 4 nitrogen and oxygen atoms in total. The predicted octanol–water partition coefficient (Wildman–Crippen LogP) is 2.13. The Hall–Kier alpha value is -1.55. The fourth-order valence-electron chi connectivity index (χ4n) is 2.72. The second-order valence-corrected chi connectivity index (χ2v) is 5.02. The minimum atomic E-state index is 0.326. The number of aromatic amines is 1. The van der Waals surface area contributed by atoms with Crippen LogP contribution in [0.15, 0.2) is 18.2 Å². The van der Waals surface area contributed by atoms with Crippen LogP contribution in [-0.2, 0) is 0 Å². The van der Waals surface area contributed by atoms with Gasteiger partial charge in [0.2, 0.25) is 0 Å². The lowest BCUT2D eigenvalue weighted by molar-refractivity contribution is 0.384. The van der Waals surface area contributed by atoms with Gasteiger partial charge in [-0.1, -0.05) is 6.42 Å². The number of rotatable bonds is 1. The van der Waals surface area contributed by atoms with E-state index in [1.54, 1.807) is 0 Å². The van der Waals surface area contributed by atoms with Crippen molar-refractivity contribution in [1.29, 1.82) is 0 Å². The van der Waals surface area contributed by atoms with Crippen LogP contribution in [0.2, 0.25) is 0 Å². The Morgan fingerprint density at radius 3 is 3.00 bits per heavy atom. The number of hydrogen-bond acceptors (Lipinski definition) is 3. The Morgan fingerprint density at radius 2 is 2.18 bits per heavy atom. The Bertz CT molecular complexity index is 531. The maximum absolute atomic E-state index is 6.02. The average Bonchev–Trinajstić information content (AvgIpc) is 2.72. The summed E-state index contributed by atoms with van der Waals surface area (Å²) in [6.45, 7) is 0. The van der Waals surface area contributed by atoms with E-state index in [0.29, 0.717) is 12.0 Å². The maximum atomic E-state index is 6.02. The van der Waals surface area contributed by atoms with E-state index in [-0.39, 0.29) is 0 Å². The lowest BCUT2D eigenvalue weighted by Gasteiger charge is -2.24. The molecule has 4 heteroatoms. The van der Waals surface area contributed by atoms with E-state index < -0.39 is 0 Å². The highest BCUT2D eigenvalue weighted by atomic mass is 14.9. The van der Waals surface area contributed by atoms with Gasteiger partial charge in [-0.2, -0.15) is 0 Å². The minimum Gasteiger partial charge on any atom is -0.399 e. The first-order valence-corrected chi connectivity index (χ1v) is 6.23. The third kappa shape index (κ3) is 2.00. The molecule has 2 unspecified atom stereocenters. The second kappa shape index (κ2) is 4.04. The molecule has 1 aromatic carbocycles. The van der Waals surface area contributed by atoms with Crippen molar-refractivity contribution < 1.29 is 0 Å². The number of anilines is 1. The molecule has 90 valence electrons. The Morgan fingerprint density at radius 1 is 1.29 bits per heavy atom. The van der Waals surface area contributed by atoms with Crippen LogP contribution in [0.25, 0.3) is 11.0 Å². The van der Waals surface area contributed by atoms with E-state index >= 15 is 0 Å². The van der Waals surface area contributed by atoms with Gasteiger partial charge < -0.3 is 16.5 Å². The molecule has 0 aliphatic heterocycles. The first kappa shape index (κ1) is 10.6. The van der Waals surface area contributed by atoms with Crippen LogP contribution in [0, 0.1) is 0 Å². The SMILES string of the molecule is Nc1ccc2nc(C3CCCC(N)C3)[nH]c2c1. The molecule has 0 amide bonds. The van der Waals surface area contributed by atoms with E-state index in [1.807, 2.05) is 18.2 Å². The largest absolute Gasteiger partial charge is 0.399 e. The minimum absolute atomic E-state index is 0.326. The van der Waals surface area contributed by atoms with Gasteiger partial charge >= 0.3 is 0 Å². The van der Waals surface area contributed by atoms with Crippen molar-refractivity contribution in [3.8, 4) is 0 Å². The first-order chi connectivity index (χ1) is 8.22. The Balaban J connectivity index is 1.94. The highest BCUT2D eigenvalue weighted by Gasteiger charge is 2.23. The highest BCUT2D eigenvalue weighted by Crippen LogP contribution is 2.31. The molecular weight excluding hydrogens is 212 g/mol. The van der Waals surface area contributed by atoms with Crippen molar-refractivity contribution in [2.45, 2.75) is 37.6 Å². The van der Waals surface area contributed by atoms with E-state index in [2.05, 4.69) is 9.97 Å². The van der Waals surface area contributed by atoms with Crippen LogP contribution >= 0.6 is 0 Å². The number of nitrogen functional groups attached to an aromatic ring is 1. The molecule has 3 rings (SSSR count). The van der Waals surface area contributed by atoms with Gasteiger partial charge in [0.05, 0.1) is 11.0 Å². The summed E-state index contributed by atoms with van der Waals surface area (Å²) in [6.07, 6.45) is 4.56. The van der Waals surface area contributed by atoms with Crippen molar-refractivity contribution in [3.63, 3.8) is 0 Å². The van der Waals surface area contributed by atoms with Crippen LogP contribution in [-0.4, -0.2) is 16.0 Å². The molecule has 5 N–H and O–H groups in total. The third-order valence-electron chi connectivity index (χ3n) is 3.63. The van der Waals surface area contributed by atoms with Crippen molar-refractivity contribution in [2.24, 2.45) is 5.73 Å². The van der Waals surface area contributed by atoms with Crippen LogP contribution < -0.4 is 11.5 Å². The average molecular weight is 230 g/mol. The molecule has 1 saturated carbocycles. The second-order valence-electron chi connectivity index (χ2n) is 5.02. The van der Waals surface area contributed by atoms with Crippen molar-refractivity contribution in [3.05, 3.63) is 24.0 Å². The van der Waals surface area contributed by atoms with Crippen LogP contribution in [0.5, 0.6) is 0 Å². The lowest BCUT2D eigenvalue weighted by Crippen LogP contribution is -2.27. The van der Waals surface area contributed by atoms with E-state index in [9.17, 15) is 0 Å². The number of nitrogens with zero attached hydrogens (tertiary/aromatic N) is 1. The van der Waals surface area contributed by atoms with E-state index in [0.717, 1.165) is 35.4 Å². The summed E-state index contributed by atoms with van der Waals surface area (Å²) in [6, 6.07) is 6.12. The zero-order valence-electron chi connectivity index (χ0n) is 9.82. The summed E-state index contributed by atoms with van der Waals surface area (Å²) in [5, 5.41) is 0. The molecule has 1 heterocycles. The maximum Gasteiger partial charge on any atom is 0.110 e. The lowest BCUT2D eigenvalue weighted by atomic mass is 9.86. The number of H-pyrrole nitrogens is 1. The van der Waals surface area contributed by atoms with Gasteiger partial charge in [0.15, 0.2) is 0 Å². The molecule has 1 aliphatic carbocycles. The monoisotopic (exact) mass is 230 g/mol. The zero-order chi connectivity index (χ0) is 11.8. The molecule has 2 aromatic rings. The summed E-state index contributed by atoms with van der Waals surface area (Å²) in [4.78, 5) is 8.03. The first-order valence-electron chi connectivity index (χ1n) is 6.23. The molecule has 17 heavy (non-hydrogen) atoms. The van der Waals surface area contributed by atoms with Gasteiger partial charge in [-0.15, -0.1) is 0 Å². The summed E-state index contributed by atoms with van der Waals surface area (Å²) < 4.78 is 0. The molecule has 0 spiro atoms. The van der Waals surface area contributed by atoms with Gasteiger partial charge in [0.25, 0.3) is 0 Å². The van der Waals surface area contributed by atoms with Gasteiger partial charge in [-0.25, -0.2) is 4.98 Å². The van der Waals surface area contributed by atoms with Crippen molar-refractivity contribution >= 4 is 16.7 Å². The van der Waals surface area contributed by atoms with Crippen molar-refractivity contribution in [2.75, 3.05) is 5.73 Å². The fourth-order valence-corrected chi connectivity index (χ4v) is 2.72. The molecule has 1 aliphatic rings. The molecule has 0 saturated heterocycles. The number of aromatic nitrogens is 2. The highest BCUT2D eigenvalue weighted by molar-refractivity contribution is 5.78. The van der Waals surface area contributed by atoms with E-state index in [1.165, 1.54) is 12.8 Å². The van der Waals surface area contributed by atoms with Crippen LogP contribution in [0.1, 0.15) is 37.4 Å². The molecule has 0 bridgehead atoms. The van der Waals surface area contributed by atoms with Crippen molar-refractivity contribution in [1.82, 2.24) is 9.97 Å². The molecule has 1 fully saturated rings. The number of imidazole rings is 1. The van der Waals surface area contributed by atoms with Crippen LogP contribution in [0.3, 0.4) is 0 Å². The number of fused-ring (bicyclic) bond motifs is 1. The zero-order valence-corrected chi connectivity index (χ0v) is 9.82. The topological polar surface area (TPSA) is 80.7 Å². The fraction of sp³-hybridized carbons (Fsp3) is 0.462. The summed E-state index contributed by atoms with van der Waals surface area (Å²) in [5.74, 6) is 1.55. The quantitative estimate of drug-likeness (QED) is 0.656. The van der Waals surface area contributed by atoms with Gasteiger partial charge in [0.1, 0.15) is 5.82 Å². The molecule has 2 atom stereocenters. The number of benzene rings is 1. The number of nitrogens with one attached hydrogen (secondary N) is 1. The Labute approximate surface area is 100 Å². The summed E-state index contributed by atoms with van der Waals surface area (Å²) in [7, 11) is 0. The van der Waals surface area contributed by atoms with Gasteiger partial charge in [0, 0.05) is 17.6 Å². The predicted molar refractivity (Wildman–Crippen MR) is 69.7 cm³/mol. The number of hydrogen-bond donors (Lipinski definition) is 3. The summed E-state index contributed by atoms with van der Waals surface area (Å²) >= 11 is 0. The van der Waals surface area contributed by atoms with E-state index in [4.69, 9.17) is 11.5 Å². The van der Waals surface area contributed by atoms with Gasteiger partial charge in [-0.3, -0.25) is 0 Å². The van der Waals surface area contributed by atoms with Crippen LogP contribution in [0.4, 0.5) is 5.69 Å². The molecule has 1 aromatic heterocycles. The van der Waals surface area contributed by atoms with Gasteiger partial charge in [-0.05, 0) is 37.5 Å². The summed E-state index contributed by atoms with van der Waals surface area (Å²) in [5.41, 5.74) is 14.6. The Kier molecular flexibility index (Phi) is 2.52. The normalized spacial score (nSPS) is 25.2. The third-order valence-corrected chi connectivity index (χ3v) is 3.63.